The number of nitrogens with one attached hydrogen (secondary N) is 1. The van der Waals surface area contributed by atoms with Gasteiger partial charge in [0.1, 0.15) is 0 Å². The summed E-state index contributed by atoms with van der Waals surface area (Å²) < 4.78 is 13.2. The van der Waals surface area contributed by atoms with Crippen LogP contribution in [0.1, 0.15) is 23.4 Å². The van der Waals surface area contributed by atoms with Gasteiger partial charge in [0.15, 0.2) is 4.80 Å². The van der Waals surface area contributed by atoms with Crippen molar-refractivity contribution in [1.29, 1.82) is 5.41 Å². The van der Waals surface area contributed by atoms with Gasteiger partial charge in [0.05, 0.1) is 31.6 Å². The second-order valence-electron chi connectivity index (χ2n) is 4.33. The molecule has 1 N–H and O–H groups in total. The minimum Gasteiger partial charge on any atom is -0.376 e. The van der Waals surface area contributed by atoms with Crippen LogP contribution in [0.4, 0.5) is 0 Å². The summed E-state index contributed by atoms with van der Waals surface area (Å²) in [6, 6.07) is 0. The highest BCUT2D eigenvalue weighted by Crippen LogP contribution is 2.21. The van der Waals surface area contributed by atoms with Crippen LogP contribution in [0.3, 0.4) is 0 Å². The first-order chi connectivity index (χ1) is 7.84. The lowest BCUT2D eigenvalue weighted by Crippen LogP contribution is -2.25. The second-order valence-corrected chi connectivity index (χ2v) is 5.41. The van der Waals surface area contributed by atoms with Crippen molar-refractivity contribution < 1.29 is 9.47 Å². The van der Waals surface area contributed by atoms with Crippen LogP contribution in [0, 0.1) is 5.41 Å². The molecule has 1 unspecified atom stereocenters. The molecule has 88 valence electrons. The predicted molar refractivity (Wildman–Crippen MR) is 60.5 cm³/mol. The van der Waals surface area contributed by atoms with E-state index in [1.165, 1.54) is 10.6 Å². The Bertz CT molecular complexity index is 432. The molecular weight excluding hydrogens is 224 g/mol. The number of aromatic nitrogens is 1. The summed E-state index contributed by atoms with van der Waals surface area (Å²) in [5.41, 5.74) is 1.21. The molecule has 1 saturated heterocycles. The molecule has 5 heteroatoms. The summed E-state index contributed by atoms with van der Waals surface area (Å²) in [7, 11) is 0. The third kappa shape index (κ3) is 1.83. The van der Waals surface area contributed by atoms with Crippen molar-refractivity contribution in [3.63, 3.8) is 0 Å². The lowest BCUT2D eigenvalue weighted by molar-refractivity contribution is 0.0840. The monoisotopic (exact) mass is 240 g/mol. The summed E-state index contributed by atoms with van der Waals surface area (Å²) in [4.78, 5) is 1.97. The van der Waals surface area contributed by atoms with E-state index in [0.717, 1.165) is 39.0 Å². The van der Waals surface area contributed by atoms with Crippen molar-refractivity contribution in [3.8, 4) is 0 Å². The summed E-state index contributed by atoms with van der Waals surface area (Å²) in [5.74, 6) is 0. The molecule has 1 fully saturated rings. The van der Waals surface area contributed by atoms with Gasteiger partial charge in [0, 0.05) is 17.9 Å². The minimum absolute atomic E-state index is 0.301. The average molecular weight is 240 g/mol. The molecular formula is C11H16N2O2S. The van der Waals surface area contributed by atoms with Crippen molar-refractivity contribution in [2.24, 2.45) is 0 Å². The molecule has 1 aromatic heterocycles. The maximum absolute atomic E-state index is 8.00. The van der Waals surface area contributed by atoms with E-state index < -0.39 is 0 Å². The van der Waals surface area contributed by atoms with Gasteiger partial charge in [-0.25, -0.2) is 0 Å². The SMILES string of the molecule is N=c1sc2c(n1CC1CCCO1)COCC2. The molecule has 1 atom stereocenters. The Morgan fingerprint density at radius 1 is 1.44 bits per heavy atom. The van der Waals surface area contributed by atoms with E-state index in [1.54, 1.807) is 11.3 Å². The molecule has 0 bridgehead atoms. The van der Waals surface area contributed by atoms with E-state index in [1.807, 2.05) is 0 Å². The highest BCUT2D eigenvalue weighted by atomic mass is 32.1. The zero-order chi connectivity index (χ0) is 11.0. The maximum atomic E-state index is 8.00. The standard InChI is InChI=1S/C11H16N2O2S/c12-11-13(6-8-2-1-4-15-8)9-7-14-5-3-10(9)16-11/h8,12H,1-7H2. The van der Waals surface area contributed by atoms with E-state index in [-0.39, 0.29) is 0 Å². The van der Waals surface area contributed by atoms with Gasteiger partial charge in [0.25, 0.3) is 0 Å². The smallest absolute Gasteiger partial charge is 0.182 e. The summed E-state index contributed by atoms with van der Waals surface area (Å²) in [6.45, 7) is 3.17. The normalized spacial score (nSPS) is 24.6. The molecule has 0 amide bonds. The van der Waals surface area contributed by atoms with Gasteiger partial charge < -0.3 is 14.0 Å². The highest BCUT2D eigenvalue weighted by molar-refractivity contribution is 7.09. The molecule has 0 radical (unpaired) electrons. The van der Waals surface area contributed by atoms with Crippen molar-refractivity contribution in [1.82, 2.24) is 4.57 Å². The van der Waals surface area contributed by atoms with Gasteiger partial charge in [-0.15, -0.1) is 11.3 Å². The van der Waals surface area contributed by atoms with E-state index >= 15 is 0 Å². The molecule has 16 heavy (non-hydrogen) atoms. The molecule has 3 rings (SSSR count). The first-order valence-corrected chi connectivity index (χ1v) is 6.61. The van der Waals surface area contributed by atoms with Crippen LogP contribution in [0.5, 0.6) is 0 Å². The fraction of sp³-hybridized carbons (Fsp3) is 0.727. The third-order valence-corrected chi connectivity index (χ3v) is 4.34. The minimum atomic E-state index is 0.301. The van der Waals surface area contributed by atoms with Crippen molar-refractivity contribution in [2.75, 3.05) is 13.2 Å². The summed E-state index contributed by atoms with van der Waals surface area (Å²) in [5, 5.41) is 8.00. The van der Waals surface area contributed by atoms with Crippen molar-refractivity contribution in [3.05, 3.63) is 15.4 Å². The van der Waals surface area contributed by atoms with Gasteiger partial charge in [-0.05, 0) is 12.8 Å². The highest BCUT2D eigenvalue weighted by Gasteiger charge is 2.21. The fourth-order valence-electron chi connectivity index (χ4n) is 2.38. The zero-order valence-electron chi connectivity index (χ0n) is 9.20. The Hall–Kier alpha value is -0.650. The van der Waals surface area contributed by atoms with E-state index in [0.29, 0.717) is 17.5 Å². The van der Waals surface area contributed by atoms with Gasteiger partial charge in [-0.1, -0.05) is 0 Å². The molecule has 2 aliphatic rings. The number of thiazole rings is 1. The van der Waals surface area contributed by atoms with Gasteiger partial charge >= 0.3 is 0 Å². The summed E-state index contributed by atoms with van der Waals surface area (Å²) in [6.07, 6.45) is 3.54. The summed E-state index contributed by atoms with van der Waals surface area (Å²) >= 11 is 1.59. The van der Waals surface area contributed by atoms with Crippen molar-refractivity contribution >= 4 is 11.3 Å². The Kier molecular flexibility index (Phi) is 2.83. The van der Waals surface area contributed by atoms with Crippen molar-refractivity contribution in [2.45, 2.75) is 38.5 Å². The Morgan fingerprint density at radius 2 is 2.38 bits per heavy atom. The molecule has 2 aliphatic heterocycles. The zero-order valence-corrected chi connectivity index (χ0v) is 10.0. The first kappa shape index (κ1) is 10.5. The molecule has 1 aromatic rings. The third-order valence-electron chi connectivity index (χ3n) is 3.24. The lowest BCUT2D eigenvalue weighted by Gasteiger charge is -2.17. The van der Waals surface area contributed by atoms with Crippen LogP contribution in [0.15, 0.2) is 0 Å². The topological polar surface area (TPSA) is 47.2 Å². The predicted octanol–water partition coefficient (Wildman–Crippen LogP) is 1.28. The molecule has 0 saturated carbocycles. The largest absolute Gasteiger partial charge is 0.376 e. The Balaban J connectivity index is 1.87. The fourth-order valence-corrected chi connectivity index (χ4v) is 3.38. The van der Waals surface area contributed by atoms with Crippen LogP contribution in [-0.4, -0.2) is 23.9 Å². The van der Waals surface area contributed by atoms with Gasteiger partial charge in [-0.2, -0.15) is 0 Å². The number of ether oxygens (including phenoxy) is 2. The van der Waals surface area contributed by atoms with Crippen LogP contribution in [-0.2, 0) is 29.0 Å². The van der Waals surface area contributed by atoms with E-state index in [2.05, 4.69) is 4.57 Å². The number of nitrogens with zero attached hydrogens (tertiary/aromatic N) is 1. The molecule has 0 aromatic carbocycles. The van der Waals surface area contributed by atoms with Gasteiger partial charge in [0.2, 0.25) is 0 Å². The number of hydrogen-bond donors (Lipinski definition) is 1. The van der Waals surface area contributed by atoms with Crippen LogP contribution in [0.2, 0.25) is 0 Å². The molecule has 3 heterocycles. The Morgan fingerprint density at radius 3 is 3.19 bits per heavy atom. The quantitative estimate of drug-likeness (QED) is 0.846. The Labute approximate surface area is 98.3 Å². The molecule has 0 spiro atoms. The van der Waals surface area contributed by atoms with Crippen LogP contribution >= 0.6 is 11.3 Å². The molecule has 0 aliphatic carbocycles. The average Bonchev–Trinajstić information content (AvgIpc) is 2.89. The lowest BCUT2D eigenvalue weighted by atomic mass is 10.2. The number of fused-ring (bicyclic) bond motifs is 1. The second kappa shape index (κ2) is 4.31. The number of rotatable bonds is 2. The van der Waals surface area contributed by atoms with Gasteiger partial charge in [-0.3, -0.25) is 5.41 Å². The maximum Gasteiger partial charge on any atom is 0.182 e. The first-order valence-electron chi connectivity index (χ1n) is 5.80. The van der Waals surface area contributed by atoms with Crippen LogP contribution < -0.4 is 4.80 Å². The number of hydrogen-bond acceptors (Lipinski definition) is 4. The van der Waals surface area contributed by atoms with Crippen LogP contribution in [0.25, 0.3) is 0 Å². The van der Waals surface area contributed by atoms with E-state index in [9.17, 15) is 0 Å². The van der Waals surface area contributed by atoms with E-state index in [4.69, 9.17) is 14.9 Å². The molecule has 4 nitrogen and oxygen atoms in total.